The fraction of sp³-hybridized carbons (Fsp3) is 0.800. The SMILES string of the molecule is CC(=O)OC1C(CC2CC(C)C=C(C(C)(C)C)C2O)=CC(C)CC1C(C)(C)C. The summed E-state index contributed by atoms with van der Waals surface area (Å²) in [5.74, 6) is 1.16. The van der Waals surface area contributed by atoms with Crippen molar-refractivity contribution in [2.45, 2.75) is 93.8 Å². The molecule has 0 bridgehead atoms. The van der Waals surface area contributed by atoms with E-state index in [1.54, 1.807) is 0 Å². The lowest BCUT2D eigenvalue weighted by Crippen LogP contribution is -2.42. The minimum atomic E-state index is -0.430. The maximum absolute atomic E-state index is 11.9. The van der Waals surface area contributed by atoms with Crippen molar-refractivity contribution in [1.82, 2.24) is 0 Å². The van der Waals surface area contributed by atoms with Crippen molar-refractivity contribution in [1.29, 1.82) is 0 Å². The molecule has 0 saturated heterocycles. The van der Waals surface area contributed by atoms with Crippen LogP contribution in [0, 0.1) is 34.5 Å². The van der Waals surface area contributed by atoms with Crippen molar-refractivity contribution in [2.24, 2.45) is 34.5 Å². The van der Waals surface area contributed by atoms with Crippen LogP contribution in [-0.4, -0.2) is 23.3 Å². The van der Waals surface area contributed by atoms with Gasteiger partial charge in [0, 0.05) is 12.8 Å². The molecule has 160 valence electrons. The van der Waals surface area contributed by atoms with Gasteiger partial charge in [-0.1, -0.05) is 67.5 Å². The Morgan fingerprint density at radius 1 is 1.07 bits per heavy atom. The molecule has 0 spiro atoms. The van der Waals surface area contributed by atoms with E-state index in [2.05, 4.69) is 67.5 Å². The summed E-state index contributed by atoms with van der Waals surface area (Å²) in [6.07, 6.45) is 6.76. The lowest BCUT2D eigenvalue weighted by Gasteiger charge is -2.44. The monoisotopic (exact) mass is 390 g/mol. The van der Waals surface area contributed by atoms with Crippen LogP contribution in [0.2, 0.25) is 0 Å². The van der Waals surface area contributed by atoms with E-state index in [9.17, 15) is 9.90 Å². The quantitative estimate of drug-likeness (QED) is 0.480. The number of allylic oxidation sites excluding steroid dienone is 2. The molecule has 0 aromatic carbocycles. The van der Waals surface area contributed by atoms with Gasteiger partial charge in [0.15, 0.2) is 0 Å². The Balaban J connectivity index is 2.33. The molecule has 2 rings (SSSR count). The molecule has 0 saturated carbocycles. The molecule has 0 aromatic rings. The van der Waals surface area contributed by atoms with Gasteiger partial charge in [-0.15, -0.1) is 0 Å². The molecule has 2 aliphatic carbocycles. The molecule has 1 N–H and O–H groups in total. The number of carbonyl (C=O) groups excluding carboxylic acids is 1. The molecule has 0 heterocycles. The van der Waals surface area contributed by atoms with Crippen molar-refractivity contribution >= 4 is 5.97 Å². The molecule has 3 heteroatoms. The largest absolute Gasteiger partial charge is 0.458 e. The first kappa shape index (κ1) is 23.2. The number of aliphatic hydroxyl groups excluding tert-OH is 1. The number of ether oxygens (including phenoxy) is 1. The second kappa shape index (κ2) is 8.34. The fourth-order valence-corrected chi connectivity index (χ4v) is 5.16. The summed E-state index contributed by atoms with van der Waals surface area (Å²) in [5, 5.41) is 11.2. The number of carbonyl (C=O) groups is 1. The van der Waals surface area contributed by atoms with Crippen LogP contribution < -0.4 is 0 Å². The Labute approximate surface area is 172 Å². The van der Waals surface area contributed by atoms with E-state index >= 15 is 0 Å². The van der Waals surface area contributed by atoms with Crippen LogP contribution >= 0.6 is 0 Å². The smallest absolute Gasteiger partial charge is 0.303 e. The highest BCUT2D eigenvalue weighted by atomic mass is 16.5. The summed E-state index contributed by atoms with van der Waals surface area (Å²) < 4.78 is 5.89. The van der Waals surface area contributed by atoms with Gasteiger partial charge in [0.05, 0.1) is 6.10 Å². The first-order valence-electron chi connectivity index (χ1n) is 11.0. The Morgan fingerprint density at radius 3 is 2.14 bits per heavy atom. The van der Waals surface area contributed by atoms with E-state index in [0.29, 0.717) is 17.8 Å². The second-order valence-corrected chi connectivity index (χ2v) is 11.5. The summed E-state index contributed by atoms with van der Waals surface area (Å²) in [6.45, 7) is 19.2. The van der Waals surface area contributed by atoms with Gasteiger partial charge in [-0.05, 0) is 59.0 Å². The molecule has 28 heavy (non-hydrogen) atoms. The van der Waals surface area contributed by atoms with E-state index < -0.39 is 6.10 Å². The third kappa shape index (κ3) is 5.49. The number of aliphatic hydroxyl groups is 1. The van der Waals surface area contributed by atoms with Gasteiger partial charge in [-0.2, -0.15) is 0 Å². The number of hydrogen-bond acceptors (Lipinski definition) is 3. The zero-order valence-corrected chi connectivity index (χ0v) is 19.5. The van der Waals surface area contributed by atoms with Gasteiger partial charge in [-0.25, -0.2) is 0 Å². The van der Waals surface area contributed by atoms with Crippen LogP contribution in [0.3, 0.4) is 0 Å². The minimum Gasteiger partial charge on any atom is -0.458 e. The zero-order valence-electron chi connectivity index (χ0n) is 19.5. The van der Waals surface area contributed by atoms with E-state index in [-0.39, 0.29) is 28.8 Å². The lowest BCUT2D eigenvalue weighted by atomic mass is 9.65. The average Bonchev–Trinajstić information content (AvgIpc) is 2.50. The van der Waals surface area contributed by atoms with Crippen molar-refractivity contribution in [3.05, 3.63) is 23.3 Å². The second-order valence-electron chi connectivity index (χ2n) is 11.5. The third-order valence-corrected chi connectivity index (χ3v) is 6.53. The van der Waals surface area contributed by atoms with E-state index in [4.69, 9.17) is 4.74 Å². The summed E-state index contributed by atoms with van der Waals surface area (Å²) >= 11 is 0. The van der Waals surface area contributed by atoms with E-state index in [0.717, 1.165) is 24.8 Å². The highest BCUT2D eigenvalue weighted by molar-refractivity contribution is 5.66. The molecule has 0 aliphatic heterocycles. The van der Waals surface area contributed by atoms with Crippen LogP contribution in [-0.2, 0) is 9.53 Å². The van der Waals surface area contributed by atoms with Gasteiger partial charge >= 0.3 is 5.97 Å². The normalized spacial score (nSPS) is 34.5. The first-order valence-corrected chi connectivity index (χ1v) is 11.0. The van der Waals surface area contributed by atoms with E-state index in [1.807, 2.05) is 0 Å². The molecule has 0 radical (unpaired) electrons. The maximum Gasteiger partial charge on any atom is 0.303 e. The molecule has 6 unspecified atom stereocenters. The third-order valence-electron chi connectivity index (χ3n) is 6.53. The molecule has 2 aliphatic rings. The van der Waals surface area contributed by atoms with Crippen LogP contribution in [0.5, 0.6) is 0 Å². The Hall–Kier alpha value is -1.09. The van der Waals surface area contributed by atoms with Gasteiger partial charge in [0.2, 0.25) is 0 Å². The molecule has 0 fully saturated rings. The summed E-state index contributed by atoms with van der Waals surface area (Å²) in [7, 11) is 0. The summed E-state index contributed by atoms with van der Waals surface area (Å²) in [6, 6.07) is 0. The van der Waals surface area contributed by atoms with Crippen molar-refractivity contribution < 1.29 is 14.6 Å². The Morgan fingerprint density at radius 2 is 1.64 bits per heavy atom. The predicted molar refractivity (Wildman–Crippen MR) is 116 cm³/mol. The topological polar surface area (TPSA) is 46.5 Å². The van der Waals surface area contributed by atoms with Crippen LogP contribution in [0.25, 0.3) is 0 Å². The van der Waals surface area contributed by atoms with Gasteiger partial charge in [-0.3, -0.25) is 4.79 Å². The average molecular weight is 391 g/mol. The number of rotatable bonds is 3. The predicted octanol–water partition coefficient (Wildman–Crippen LogP) is 5.93. The highest BCUT2D eigenvalue weighted by Crippen LogP contribution is 2.46. The molecular weight excluding hydrogens is 348 g/mol. The highest BCUT2D eigenvalue weighted by Gasteiger charge is 2.42. The summed E-state index contributed by atoms with van der Waals surface area (Å²) in [5.41, 5.74) is 2.38. The first-order chi connectivity index (χ1) is 12.7. The molecule has 6 atom stereocenters. The Kier molecular flexibility index (Phi) is 6.91. The van der Waals surface area contributed by atoms with Crippen LogP contribution in [0.15, 0.2) is 23.3 Å². The zero-order chi connectivity index (χ0) is 21.4. The molecule has 0 amide bonds. The van der Waals surface area contributed by atoms with Crippen molar-refractivity contribution in [3.63, 3.8) is 0 Å². The fourth-order valence-electron chi connectivity index (χ4n) is 5.16. The van der Waals surface area contributed by atoms with Crippen LogP contribution in [0.1, 0.15) is 81.6 Å². The number of hydrogen-bond donors (Lipinski definition) is 1. The molecular formula is C25H42O3. The minimum absolute atomic E-state index is 0.0379. The number of esters is 1. The molecule has 0 aromatic heterocycles. The molecule has 3 nitrogen and oxygen atoms in total. The van der Waals surface area contributed by atoms with Crippen LogP contribution in [0.4, 0.5) is 0 Å². The van der Waals surface area contributed by atoms with Crippen molar-refractivity contribution in [2.75, 3.05) is 0 Å². The van der Waals surface area contributed by atoms with Gasteiger partial charge in [0.1, 0.15) is 6.10 Å². The van der Waals surface area contributed by atoms with Crippen molar-refractivity contribution in [3.8, 4) is 0 Å². The van der Waals surface area contributed by atoms with Gasteiger partial charge < -0.3 is 9.84 Å². The summed E-state index contributed by atoms with van der Waals surface area (Å²) in [4.78, 5) is 11.9. The maximum atomic E-state index is 11.9. The van der Waals surface area contributed by atoms with E-state index in [1.165, 1.54) is 12.5 Å². The Bertz CT molecular complexity index is 629. The lowest BCUT2D eigenvalue weighted by molar-refractivity contribution is -0.150. The van der Waals surface area contributed by atoms with Gasteiger partial charge in [0.25, 0.3) is 0 Å². The standard InChI is InChI=1S/C25H42O3/c1-15-10-18(22(27)20(12-15)24(4,5)6)14-19-11-16(2)13-21(25(7,8)9)23(19)28-17(3)26/h11-12,15-16,18,21-23,27H,10,13-14H2,1-9H3.